The lowest BCUT2D eigenvalue weighted by atomic mass is 10.1. The molecule has 2 aromatic rings. The maximum Gasteiger partial charge on any atom is 0.140 e. The Bertz CT molecular complexity index is 549. The standard InChI is InChI=1S/C14H18N2OS/c1-9-4-5-10(2)14(11(9)3)17-7-13-16-12(6-15)8-18-13/h4-5,8H,6-7,15H2,1-3H3. The maximum atomic E-state index is 5.90. The summed E-state index contributed by atoms with van der Waals surface area (Å²) in [4.78, 5) is 4.39. The number of nitrogens with zero attached hydrogens (tertiary/aromatic N) is 1. The zero-order valence-corrected chi connectivity index (χ0v) is 11.8. The molecular weight excluding hydrogens is 244 g/mol. The van der Waals surface area contributed by atoms with Crippen LogP contribution in [0.4, 0.5) is 0 Å². The summed E-state index contributed by atoms with van der Waals surface area (Å²) < 4.78 is 5.90. The molecule has 0 saturated carbocycles. The van der Waals surface area contributed by atoms with E-state index in [1.165, 1.54) is 11.1 Å². The Hall–Kier alpha value is -1.39. The number of nitrogens with two attached hydrogens (primary N) is 1. The number of ether oxygens (including phenoxy) is 1. The first-order valence-corrected chi connectivity index (χ1v) is 6.82. The Labute approximate surface area is 112 Å². The first-order valence-electron chi connectivity index (χ1n) is 5.94. The van der Waals surface area contributed by atoms with Crippen LogP contribution in [-0.4, -0.2) is 4.98 Å². The van der Waals surface area contributed by atoms with Gasteiger partial charge in [0.2, 0.25) is 0 Å². The number of hydrogen-bond acceptors (Lipinski definition) is 4. The van der Waals surface area contributed by atoms with Crippen LogP contribution in [0.1, 0.15) is 27.4 Å². The lowest BCUT2D eigenvalue weighted by Crippen LogP contribution is -2.01. The van der Waals surface area contributed by atoms with Gasteiger partial charge in [0.25, 0.3) is 0 Å². The van der Waals surface area contributed by atoms with Crippen molar-refractivity contribution in [2.24, 2.45) is 5.73 Å². The summed E-state index contributed by atoms with van der Waals surface area (Å²) in [5.74, 6) is 0.972. The molecule has 0 unspecified atom stereocenters. The molecule has 0 amide bonds. The van der Waals surface area contributed by atoms with Crippen molar-refractivity contribution in [3.63, 3.8) is 0 Å². The van der Waals surface area contributed by atoms with Gasteiger partial charge in [0.15, 0.2) is 0 Å². The van der Waals surface area contributed by atoms with E-state index in [1.54, 1.807) is 11.3 Å². The summed E-state index contributed by atoms with van der Waals surface area (Å²) >= 11 is 1.59. The smallest absolute Gasteiger partial charge is 0.140 e. The van der Waals surface area contributed by atoms with Gasteiger partial charge in [-0.05, 0) is 37.5 Å². The van der Waals surface area contributed by atoms with Crippen LogP contribution < -0.4 is 10.5 Å². The highest BCUT2D eigenvalue weighted by Gasteiger charge is 2.08. The van der Waals surface area contributed by atoms with Gasteiger partial charge >= 0.3 is 0 Å². The average Bonchev–Trinajstić information content (AvgIpc) is 2.82. The third-order valence-electron chi connectivity index (χ3n) is 3.02. The Balaban J connectivity index is 2.12. The number of rotatable bonds is 4. The fraction of sp³-hybridized carbons (Fsp3) is 0.357. The first kappa shape index (κ1) is 13.1. The van der Waals surface area contributed by atoms with E-state index in [1.807, 2.05) is 5.38 Å². The Morgan fingerprint density at radius 1 is 1.22 bits per heavy atom. The minimum absolute atomic E-state index is 0.485. The van der Waals surface area contributed by atoms with Gasteiger partial charge in [0, 0.05) is 11.9 Å². The van der Waals surface area contributed by atoms with Gasteiger partial charge in [0.1, 0.15) is 17.4 Å². The quantitative estimate of drug-likeness (QED) is 0.921. The third kappa shape index (κ3) is 2.71. The summed E-state index contributed by atoms with van der Waals surface area (Å²) in [5.41, 5.74) is 10.1. The van der Waals surface area contributed by atoms with Crippen LogP contribution in [0.5, 0.6) is 5.75 Å². The predicted molar refractivity (Wildman–Crippen MR) is 75.0 cm³/mol. The number of aryl methyl sites for hydroxylation is 2. The van der Waals surface area contributed by atoms with Crippen LogP contribution in [0.15, 0.2) is 17.5 Å². The zero-order valence-electron chi connectivity index (χ0n) is 11.0. The van der Waals surface area contributed by atoms with Gasteiger partial charge in [0.05, 0.1) is 5.69 Å². The largest absolute Gasteiger partial charge is 0.486 e. The second kappa shape index (κ2) is 5.50. The molecule has 2 N–H and O–H groups in total. The van der Waals surface area contributed by atoms with Gasteiger partial charge in [-0.2, -0.15) is 0 Å². The molecule has 0 fully saturated rings. The fourth-order valence-electron chi connectivity index (χ4n) is 1.79. The molecule has 0 radical (unpaired) electrons. The van der Waals surface area contributed by atoms with Crippen LogP contribution >= 0.6 is 11.3 Å². The number of benzene rings is 1. The minimum atomic E-state index is 0.485. The van der Waals surface area contributed by atoms with Crippen LogP contribution in [0.2, 0.25) is 0 Å². The molecule has 96 valence electrons. The Kier molecular flexibility index (Phi) is 3.99. The fourth-order valence-corrected chi connectivity index (χ4v) is 2.51. The highest BCUT2D eigenvalue weighted by Crippen LogP contribution is 2.26. The van der Waals surface area contributed by atoms with E-state index in [4.69, 9.17) is 10.5 Å². The van der Waals surface area contributed by atoms with E-state index < -0.39 is 0 Å². The molecule has 0 spiro atoms. The normalized spacial score (nSPS) is 10.7. The molecule has 0 atom stereocenters. The highest BCUT2D eigenvalue weighted by molar-refractivity contribution is 7.09. The monoisotopic (exact) mass is 262 g/mol. The van der Waals surface area contributed by atoms with Gasteiger partial charge in [-0.25, -0.2) is 4.98 Å². The highest BCUT2D eigenvalue weighted by atomic mass is 32.1. The van der Waals surface area contributed by atoms with E-state index in [2.05, 4.69) is 37.9 Å². The topological polar surface area (TPSA) is 48.1 Å². The molecule has 4 heteroatoms. The maximum absolute atomic E-state index is 5.90. The summed E-state index contributed by atoms with van der Waals surface area (Å²) in [7, 11) is 0. The molecule has 0 aliphatic heterocycles. The first-order chi connectivity index (χ1) is 8.61. The van der Waals surface area contributed by atoms with Gasteiger partial charge in [-0.15, -0.1) is 11.3 Å². The van der Waals surface area contributed by atoms with E-state index in [9.17, 15) is 0 Å². The van der Waals surface area contributed by atoms with Crippen LogP contribution in [0, 0.1) is 20.8 Å². The molecule has 0 aliphatic carbocycles. The molecule has 0 bridgehead atoms. The molecule has 2 rings (SSSR count). The molecule has 1 aromatic carbocycles. The second-order valence-corrected chi connectivity index (χ2v) is 5.32. The van der Waals surface area contributed by atoms with Crippen molar-refractivity contribution in [2.75, 3.05) is 0 Å². The van der Waals surface area contributed by atoms with E-state index in [0.29, 0.717) is 13.2 Å². The third-order valence-corrected chi connectivity index (χ3v) is 3.89. The van der Waals surface area contributed by atoms with Crippen molar-refractivity contribution in [3.8, 4) is 5.75 Å². The van der Waals surface area contributed by atoms with Crippen molar-refractivity contribution in [1.82, 2.24) is 4.98 Å². The van der Waals surface area contributed by atoms with Crippen LogP contribution in [0.25, 0.3) is 0 Å². The van der Waals surface area contributed by atoms with E-state index in [0.717, 1.165) is 22.0 Å². The SMILES string of the molecule is Cc1ccc(C)c(OCc2nc(CN)cs2)c1C. The van der Waals surface area contributed by atoms with E-state index in [-0.39, 0.29) is 0 Å². The lowest BCUT2D eigenvalue weighted by molar-refractivity contribution is 0.301. The van der Waals surface area contributed by atoms with Crippen molar-refractivity contribution < 1.29 is 4.74 Å². The van der Waals surface area contributed by atoms with Gasteiger partial charge < -0.3 is 10.5 Å². The second-order valence-electron chi connectivity index (χ2n) is 4.38. The molecular formula is C14H18N2OS. The molecule has 1 aromatic heterocycles. The van der Waals surface area contributed by atoms with Gasteiger partial charge in [-0.3, -0.25) is 0 Å². The van der Waals surface area contributed by atoms with Crippen molar-refractivity contribution in [1.29, 1.82) is 0 Å². The van der Waals surface area contributed by atoms with Crippen molar-refractivity contribution >= 4 is 11.3 Å². The molecule has 1 heterocycles. The molecule has 0 saturated heterocycles. The molecule has 18 heavy (non-hydrogen) atoms. The molecule has 0 aliphatic rings. The van der Waals surface area contributed by atoms with Crippen LogP contribution in [0.3, 0.4) is 0 Å². The zero-order chi connectivity index (χ0) is 13.1. The van der Waals surface area contributed by atoms with Crippen molar-refractivity contribution in [3.05, 3.63) is 44.9 Å². The summed E-state index contributed by atoms with van der Waals surface area (Å²) in [6.45, 7) is 7.24. The Morgan fingerprint density at radius 2 is 1.94 bits per heavy atom. The minimum Gasteiger partial charge on any atom is -0.486 e. The summed E-state index contributed by atoms with van der Waals surface area (Å²) in [6, 6.07) is 4.21. The number of thiazole rings is 1. The van der Waals surface area contributed by atoms with E-state index >= 15 is 0 Å². The van der Waals surface area contributed by atoms with Gasteiger partial charge in [-0.1, -0.05) is 12.1 Å². The summed E-state index contributed by atoms with van der Waals surface area (Å²) in [6.07, 6.45) is 0. The molecule has 3 nitrogen and oxygen atoms in total. The summed E-state index contributed by atoms with van der Waals surface area (Å²) in [5, 5.41) is 2.95. The Morgan fingerprint density at radius 3 is 2.61 bits per heavy atom. The number of hydrogen-bond donors (Lipinski definition) is 1. The van der Waals surface area contributed by atoms with Crippen molar-refractivity contribution in [2.45, 2.75) is 33.9 Å². The predicted octanol–water partition coefficient (Wildman–Crippen LogP) is 3.11. The van der Waals surface area contributed by atoms with Crippen LogP contribution in [-0.2, 0) is 13.2 Å². The lowest BCUT2D eigenvalue weighted by Gasteiger charge is -2.12. The number of aromatic nitrogens is 1. The average molecular weight is 262 g/mol.